The average molecular weight is 394 g/mol. The lowest BCUT2D eigenvalue weighted by molar-refractivity contribution is -0.00172. The fourth-order valence-corrected chi connectivity index (χ4v) is 4.14. The summed E-state index contributed by atoms with van der Waals surface area (Å²) in [5, 5.41) is 2.85. The monoisotopic (exact) mass is 393 g/mol. The van der Waals surface area contributed by atoms with Crippen molar-refractivity contribution in [2.75, 3.05) is 13.1 Å². The van der Waals surface area contributed by atoms with Gasteiger partial charge in [0.1, 0.15) is 5.69 Å². The molecule has 3 aromatic rings. The number of hydrogen-bond donors (Lipinski definition) is 0. The number of rotatable bonds is 6. The molecular weight excluding hydrogens is 370 g/mol. The highest BCUT2D eigenvalue weighted by Gasteiger charge is 2.25. The summed E-state index contributed by atoms with van der Waals surface area (Å²) in [5.74, 6) is 0.0266. The zero-order valence-corrected chi connectivity index (χ0v) is 16.5. The maximum Gasteiger partial charge on any atom is 0.273 e. The summed E-state index contributed by atoms with van der Waals surface area (Å²) in [6, 6.07) is 16.0. The number of likely N-dealkylation sites (tertiary alicyclic amines) is 1. The van der Waals surface area contributed by atoms with Gasteiger partial charge in [-0.3, -0.25) is 9.78 Å². The van der Waals surface area contributed by atoms with Crippen LogP contribution in [0, 0.1) is 0 Å². The third-order valence-electron chi connectivity index (χ3n) is 4.89. The number of carbonyl (C=O) groups excluding carboxylic acids is 1. The summed E-state index contributed by atoms with van der Waals surface area (Å²) in [5.41, 5.74) is 2.71. The lowest BCUT2D eigenvalue weighted by atomic mass is 10.1. The van der Waals surface area contributed by atoms with E-state index in [4.69, 9.17) is 4.74 Å². The van der Waals surface area contributed by atoms with Crippen LogP contribution >= 0.6 is 11.3 Å². The molecule has 0 unspecified atom stereocenters. The van der Waals surface area contributed by atoms with Gasteiger partial charge in [-0.2, -0.15) is 0 Å². The van der Waals surface area contributed by atoms with Crippen LogP contribution in [-0.2, 0) is 17.8 Å². The van der Waals surface area contributed by atoms with Gasteiger partial charge in [-0.25, -0.2) is 4.98 Å². The van der Waals surface area contributed by atoms with Gasteiger partial charge in [-0.15, -0.1) is 11.3 Å². The van der Waals surface area contributed by atoms with Gasteiger partial charge in [0.15, 0.2) is 0 Å². The zero-order chi connectivity index (χ0) is 19.2. The Hall–Kier alpha value is -2.57. The molecule has 0 spiro atoms. The number of carbonyl (C=O) groups is 1. The number of nitrogens with zero attached hydrogens (tertiary/aromatic N) is 3. The van der Waals surface area contributed by atoms with Crippen LogP contribution in [0.4, 0.5) is 0 Å². The minimum absolute atomic E-state index is 0.0266. The maximum atomic E-state index is 12.8. The van der Waals surface area contributed by atoms with Gasteiger partial charge < -0.3 is 9.64 Å². The van der Waals surface area contributed by atoms with Crippen LogP contribution in [0.15, 0.2) is 60.1 Å². The molecule has 2 aromatic heterocycles. The molecule has 1 amide bonds. The van der Waals surface area contributed by atoms with E-state index in [1.165, 1.54) is 5.56 Å². The topological polar surface area (TPSA) is 55.3 Å². The van der Waals surface area contributed by atoms with Gasteiger partial charge >= 0.3 is 0 Å². The molecule has 0 atom stereocenters. The minimum atomic E-state index is 0.0266. The molecule has 1 fully saturated rings. The fraction of sp³-hybridized carbons (Fsp3) is 0.318. The van der Waals surface area contributed by atoms with Crippen LogP contribution in [0.25, 0.3) is 0 Å². The zero-order valence-electron chi connectivity index (χ0n) is 15.7. The molecule has 5 nitrogen and oxygen atoms in total. The van der Waals surface area contributed by atoms with E-state index in [1.54, 1.807) is 17.5 Å². The highest BCUT2D eigenvalue weighted by Crippen LogP contribution is 2.20. The first-order valence-corrected chi connectivity index (χ1v) is 10.4. The Balaban J connectivity index is 1.27. The molecule has 1 aliphatic rings. The number of aromatic nitrogens is 2. The molecule has 0 saturated carbocycles. The largest absolute Gasteiger partial charge is 0.372 e. The molecule has 1 aliphatic heterocycles. The number of thiazole rings is 1. The van der Waals surface area contributed by atoms with Crippen LogP contribution in [0.1, 0.15) is 39.6 Å². The van der Waals surface area contributed by atoms with Crippen molar-refractivity contribution in [1.29, 1.82) is 0 Å². The molecule has 0 N–H and O–H groups in total. The molecule has 4 rings (SSSR count). The van der Waals surface area contributed by atoms with E-state index < -0.39 is 0 Å². The van der Waals surface area contributed by atoms with Crippen molar-refractivity contribution >= 4 is 17.2 Å². The Labute approximate surface area is 169 Å². The molecule has 0 radical (unpaired) electrons. The fourth-order valence-electron chi connectivity index (χ4n) is 3.34. The summed E-state index contributed by atoms with van der Waals surface area (Å²) >= 11 is 1.55. The van der Waals surface area contributed by atoms with Crippen LogP contribution in [0.2, 0.25) is 0 Å². The highest BCUT2D eigenvalue weighted by molar-refractivity contribution is 7.09. The van der Waals surface area contributed by atoms with Gasteiger partial charge in [0.2, 0.25) is 0 Å². The number of piperidine rings is 1. The average Bonchev–Trinajstić information content (AvgIpc) is 3.22. The third-order valence-corrected chi connectivity index (χ3v) is 5.74. The van der Waals surface area contributed by atoms with Crippen molar-refractivity contribution in [2.24, 2.45) is 0 Å². The molecular formula is C22H23N3O2S. The molecule has 28 heavy (non-hydrogen) atoms. The summed E-state index contributed by atoms with van der Waals surface area (Å²) < 4.78 is 5.96. The number of benzene rings is 1. The third kappa shape index (κ3) is 4.82. The number of pyridine rings is 1. The van der Waals surface area contributed by atoms with Gasteiger partial charge in [0.05, 0.1) is 23.4 Å². The van der Waals surface area contributed by atoms with Crippen LogP contribution < -0.4 is 0 Å². The molecule has 1 aromatic carbocycles. The number of ether oxygens (including phenoxy) is 1. The van der Waals surface area contributed by atoms with Crippen LogP contribution in [0.5, 0.6) is 0 Å². The Morgan fingerprint density at radius 1 is 1.11 bits per heavy atom. The molecule has 6 heteroatoms. The van der Waals surface area contributed by atoms with E-state index in [9.17, 15) is 4.79 Å². The molecule has 144 valence electrons. The van der Waals surface area contributed by atoms with E-state index in [0.29, 0.717) is 25.4 Å². The molecule has 0 bridgehead atoms. The second-order valence-electron chi connectivity index (χ2n) is 6.91. The maximum absolute atomic E-state index is 12.8. The summed E-state index contributed by atoms with van der Waals surface area (Å²) in [4.78, 5) is 23.5. The van der Waals surface area contributed by atoms with Crippen molar-refractivity contribution in [3.8, 4) is 0 Å². The Kier molecular flexibility index (Phi) is 6.09. The molecule has 0 aliphatic carbocycles. The SMILES string of the molecule is O=C(c1csc(Cc2ccccc2)n1)N1CCC(OCc2ccccn2)CC1. The van der Waals surface area contributed by atoms with E-state index in [2.05, 4.69) is 22.1 Å². The van der Waals surface area contributed by atoms with Crippen LogP contribution in [0.3, 0.4) is 0 Å². The Morgan fingerprint density at radius 3 is 2.64 bits per heavy atom. The summed E-state index contributed by atoms with van der Waals surface area (Å²) in [7, 11) is 0. The van der Waals surface area contributed by atoms with Gasteiger partial charge in [0.25, 0.3) is 5.91 Å². The van der Waals surface area contributed by atoms with Crippen molar-refractivity contribution in [3.05, 3.63) is 82.1 Å². The first-order valence-electron chi connectivity index (χ1n) is 9.57. The number of amides is 1. The van der Waals surface area contributed by atoms with E-state index >= 15 is 0 Å². The Bertz CT molecular complexity index is 890. The van der Waals surface area contributed by atoms with Gasteiger partial charge in [-0.1, -0.05) is 36.4 Å². The number of hydrogen-bond acceptors (Lipinski definition) is 5. The van der Waals surface area contributed by atoms with Crippen LogP contribution in [-0.4, -0.2) is 40.0 Å². The van der Waals surface area contributed by atoms with E-state index in [1.807, 2.05) is 46.7 Å². The Morgan fingerprint density at radius 2 is 1.89 bits per heavy atom. The standard InChI is InChI=1S/C22H23N3O2S/c26-22(20-16-28-21(24-20)14-17-6-2-1-3-7-17)25-12-9-19(10-13-25)27-15-18-8-4-5-11-23-18/h1-8,11,16,19H,9-10,12-15H2. The highest BCUT2D eigenvalue weighted by atomic mass is 32.1. The van der Waals surface area contributed by atoms with Crippen molar-refractivity contribution in [2.45, 2.75) is 32.0 Å². The molecule has 1 saturated heterocycles. The first kappa shape index (κ1) is 18.8. The van der Waals surface area contributed by atoms with Gasteiger partial charge in [-0.05, 0) is 30.5 Å². The van der Waals surface area contributed by atoms with Crippen molar-refractivity contribution < 1.29 is 9.53 Å². The van der Waals surface area contributed by atoms with Crippen molar-refractivity contribution in [1.82, 2.24) is 14.9 Å². The van der Waals surface area contributed by atoms with Crippen molar-refractivity contribution in [3.63, 3.8) is 0 Å². The second-order valence-corrected chi connectivity index (χ2v) is 7.86. The normalized spacial score (nSPS) is 14.9. The van der Waals surface area contributed by atoms with E-state index in [0.717, 1.165) is 30.0 Å². The predicted octanol–water partition coefficient (Wildman–Crippen LogP) is 3.95. The first-order chi connectivity index (χ1) is 13.8. The minimum Gasteiger partial charge on any atom is -0.372 e. The lowest BCUT2D eigenvalue weighted by Gasteiger charge is -2.31. The summed E-state index contributed by atoms with van der Waals surface area (Å²) in [6.07, 6.45) is 4.41. The van der Waals surface area contributed by atoms with E-state index in [-0.39, 0.29) is 12.0 Å². The van der Waals surface area contributed by atoms with Gasteiger partial charge in [0, 0.05) is 31.1 Å². The summed E-state index contributed by atoms with van der Waals surface area (Å²) in [6.45, 7) is 1.93. The second kappa shape index (κ2) is 9.08. The molecule has 3 heterocycles. The smallest absolute Gasteiger partial charge is 0.273 e. The predicted molar refractivity (Wildman–Crippen MR) is 109 cm³/mol. The lowest BCUT2D eigenvalue weighted by Crippen LogP contribution is -2.41. The quantitative estimate of drug-likeness (QED) is 0.636.